The number of halogens is 2. The van der Waals surface area contributed by atoms with Crippen LogP contribution in [0.5, 0.6) is 0 Å². The van der Waals surface area contributed by atoms with Gasteiger partial charge in [-0.25, -0.2) is 0 Å². The first-order valence-corrected chi connectivity index (χ1v) is 8.72. The molecule has 1 aliphatic rings. The predicted molar refractivity (Wildman–Crippen MR) is 86.7 cm³/mol. The van der Waals surface area contributed by atoms with E-state index in [1.807, 2.05) is 0 Å². The van der Waals surface area contributed by atoms with E-state index in [0.717, 1.165) is 6.07 Å². The molecule has 3 rings (SSSR count). The van der Waals surface area contributed by atoms with Crippen LogP contribution in [0.15, 0.2) is 33.6 Å². The van der Waals surface area contributed by atoms with Crippen LogP contribution in [0.3, 0.4) is 0 Å². The van der Waals surface area contributed by atoms with E-state index >= 15 is 0 Å². The van der Waals surface area contributed by atoms with Crippen LogP contribution in [0.2, 0.25) is 5.02 Å². The summed E-state index contributed by atoms with van der Waals surface area (Å²) in [6.45, 7) is 0. The Hall–Kier alpha value is -1.74. The third kappa shape index (κ3) is 2.38. The third-order valence-corrected chi connectivity index (χ3v) is 5.24. The first kappa shape index (κ1) is 16.1. The van der Waals surface area contributed by atoms with Crippen molar-refractivity contribution in [2.24, 2.45) is 0 Å². The number of carbonyl (C=O) groups is 2. The Morgan fingerprint density at radius 1 is 1.04 bits per heavy atom. The molecule has 9 heteroatoms. The normalized spacial score (nSPS) is 13.7. The van der Waals surface area contributed by atoms with Gasteiger partial charge in [0.05, 0.1) is 16.8 Å². The van der Waals surface area contributed by atoms with Gasteiger partial charge in [-0.1, -0.05) is 11.6 Å². The smallest absolute Gasteiger partial charge is 0.296 e. The second-order valence-electron chi connectivity index (χ2n) is 4.84. The molecule has 23 heavy (non-hydrogen) atoms. The van der Waals surface area contributed by atoms with Crippen molar-refractivity contribution in [3.63, 3.8) is 0 Å². The number of nitrogens with two attached hydrogens (primary N) is 1. The lowest BCUT2D eigenvalue weighted by molar-refractivity contribution is 0.0979. The number of hydrogen-bond acceptors (Lipinski definition) is 5. The second-order valence-corrected chi connectivity index (χ2v) is 7.52. The number of nitrogen functional groups attached to an aromatic ring is 1. The summed E-state index contributed by atoms with van der Waals surface area (Å²) in [6.07, 6.45) is 0. The second kappa shape index (κ2) is 5.13. The van der Waals surface area contributed by atoms with E-state index in [2.05, 4.69) is 15.9 Å². The molecule has 118 valence electrons. The van der Waals surface area contributed by atoms with E-state index in [4.69, 9.17) is 17.3 Å². The standard InChI is InChI=1S/C14H7BrClNO5S/c15-8-4-9(23(20,21)22)12(17)11-10(8)14(19)7-3-5(16)1-2-6(7)13(11)18/h1-4H,17H2,(H,20,21,22). The van der Waals surface area contributed by atoms with E-state index in [9.17, 15) is 22.6 Å². The topological polar surface area (TPSA) is 115 Å². The molecule has 0 saturated heterocycles. The van der Waals surface area contributed by atoms with E-state index in [-0.39, 0.29) is 31.7 Å². The summed E-state index contributed by atoms with van der Waals surface area (Å²) in [7, 11) is -4.65. The lowest BCUT2D eigenvalue weighted by Gasteiger charge is -2.21. The minimum absolute atomic E-state index is 0.0401. The average Bonchev–Trinajstić information content (AvgIpc) is 2.45. The number of ketones is 2. The van der Waals surface area contributed by atoms with Crippen molar-refractivity contribution < 1.29 is 22.6 Å². The molecule has 0 spiro atoms. The van der Waals surface area contributed by atoms with Gasteiger partial charge in [-0.2, -0.15) is 8.42 Å². The Labute approximate surface area is 144 Å². The van der Waals surface area contributed by atoms with Crippen LogP contribution in [0.4, 0.5) is 5.69 Å². The fraction of sp³-hybridized carbons (Fsp3) is 0. The van der Waals surface area contributed by atoms with Crippen LogP contribution in [-0.4, -0.2) is 24.5 Å². The molecule has 2 aromatic rings. The maximum Gasteiger partial charge on any atom is 0.296 e. The minimum atomic E-state index is -4.65. The lowest BCUT2D eigenvalue weighted by atomic mass is 9.83. The van der Waals surface area contributed by atoms with Gasteiger partial charge in [0, 0.05) is 20.6 Å². The molecule has 0 amide bonds. The summed E-state index contributed by atoms with van der Waals surface area (Å²) in [6, 6.07) is 5.16. The van der Waals surface area contributed by atoms with Gasteiger partial charge in [0.15, 0.2) is 11.6 Å². The van der Waals surface area contributed by atoms with Crippen molar-refractivity contribution in [2.75, 3.05) is 5.73 Å². The molecule has 0 fully saturated rings. The monoisotopic (exact) mass is 415 g/mol. The summed E-state index contributed by atoms with van der Waals surface area (Å²) in [5, 5.41) is 0.284. The Balaban J connectivity index is 2.42. The van der Waals surface area contributed by atoms with Gasteiger partial charge in [-0.3, -0.25) is 14.1 Å². The molecular formula is C14H7BrClNO5S. The van der Waals surface area contributed by atoms with Crippen LogP contribution in [0.25, 0.3) is 0 Å². The van der Waals surface area contributed by atoms with Crippen molar-refractivity contribution in [1.82, 2.24) is 0 Å². The van der Waals surface area contributed by atoms with Crippen molar-refractivity contribution >= 4 is 54.9 Å². The Morgan fingerprint density at radius 3 is 2.26 bits per heavy atom. The van der Waals surface area contributed by atoms with Crippen LogP contribution in [-0.2, 0) is 10.1 Å². The molecule has 0 unspecified atom stereocenters. The summed E-state index contributed by atoms with van der Waals surface area (Å²) < 4.78 is 32.1. The predicted octanol–water partition coefficient (Wildman–Crippen LogP) is 2.71. The molecule has 0 heterocycles. The van der Waals surface area contributed by atoms with Crippen molar-refractivity contribution in [3.8, 4) is 0 Å². The number of carbonyl (C=O) groups excluding carboxylic acids is 2. The van der Waals surface area contributed by atoms with Crippen LogP contribution >= 0.6 is 27.5 Å². The van der Waals surface area contributed by atoms with Gasteiger partial charge < -0.3 is 5.73 Å². The van der Waals surface area contributed by atoms with Crippen molar-refractivity contribution in [3.05, 3.63) is 56.0 Å². The number of hydrogen-bond donors (Lipinski definition) is 2. The molecule has 0 bridgehead atoms. The van der Waals surface area contributed by atoms with E-state index < -0.39 is 32.3 Å². The molecule has 0 aromatic heterocycles. The van der Waals surface area contributed by atoms with Gasteiger partial charge in [0.2, 0.25) is 0 Å². The SMILES string of the molecule is Nc1c(S(=O)(=O)O)cc(Br)c2c1C(=O)c1ccc(Cl)cc1C2=O. The highest BCUT2D eigenvalue weighted by atomic mass is 79.9. The van der Waals surface area contributed by atoms with Crippen LogP contribution in [0, 0.1) is 0 Å². The van der Waals surface area contributed by atoms with Gasteiger partial charge >= 0.3 is 0 Å². The number of rotatable bonds is 1. The van der Waals surface area contributed by atoms with E-state index in [1.54, 1.807) is 0 Å². The zero-order valence-corrected chi connectivity index (χ0v) is 14.3. The Bertz CT molecular complexity index is 1020. The molecule has 0 atom stereocenters. The summed E-state index contributed by atoms with van der Waals surface area (Å²) >= 11 is 8.92. The fourth-order valence-electron chi connectivity index (χ4n) is 2.49. The Morgan fingerprint density at radius 2 is 1.65 bits per heavy atom. The first-order chi connectivity index (χ1) is 10.6. The molecule has 0 radical (unpaired) electrons. The average molecular weight is 417 g/mol. The maximum atomic E-state index is 12.6. The quantitative estimate of drug-likeness (QED) is 0.465. The van der Waals surface area contributed by atoms with Gasteiger partial charge in [-0.05, 0) is 40.2 Å². The summed E-state index contributed by atoms with van der Waals surface area (Å²) in [4.78, 5) is 24.6. The molecule has 2 aromatic carbocycles. The van der Waals surface area contributed by atoms with Crippen LogP contribution < -0.4 is 5.73 Å². The largest absolute Gasteiger partial charge is 0.397 e. The molecule has 1 aliphatic carbocycles. The molecule has 3 N–H and O–H groups in total. The zero-order valence-electron chi connectivity index (χ0n) is 11.1. The third-order valence-electron chi connectivity index (χ3n) is 3.48. The van der Waals surface area contributed by atoms with E-state index in [0.29, 0.717) is 0 Å². The minimum Gasteiger partial charge on any atom is -0.397 e. The highest BCUT2D eigenvalue weighted by Gasteiger charge is 2.36. The molecule has 0 saturated carbocycles. The zero-order chi connectivity index (χ0) is 17.1. The maximum absolute atomic E-state index is 12.6. The first-order valence-electron chi connectivity index (χ1n) is 6.11. The van der Waals surface area contributed by atoms with Gasteiger partial charge in [0.1, 0.15) is 4.90 Å². The van der Waals surface area contributed by atoms with E-state index in [1.165, 1.54) is 18.2 Å². The summed E-state index contributed by atoms with van der Waals surface area (Å²) in [5.74, 6) is -1.13. The van der Waals surface area contributed by atoms with Gasteiger partial charge in [-0.15, -0.1) is 0 Å². The molecule has 6 nitrogen and oxygen atoms in total. The van der Waals surface area contributed by atoms with Crippen molar-refractivity contribution in [2.45, 2.75) is 4.90 Å². The molecular weight excluding hydrogens is 410 g/mol. The summed E-state index contributed by atoms with van der Waals surface area (Å²) in [5.41, 5.74) is 5.13. The molecule has 0 aliphatic heterocycles. The number of benzene rings is 2. The van der Waals surface area contributed by atoms with Crippen molar-refractivity contribution in [1.29, 1.82) is 0 Å². The number of anilines is 1. The lowest BCUT2D eigenvalue weighted by Crippen LogP contribution is -2.24. The fourth-order valence-corrected chi connectivity index (χ4v) is 4.06. The highest BCUT2D eigenvalue weighted by Crippen LogP contribution is 2.39. The van der Waals surface area contributed by atoms with Gasteiger partial charge in [0.25, 0.3) is 10.1 Å². The van der Waals surface area contributed by atoms with Crippen LogP contribution in [0.1, 0.15) is 31.8 Å². The Kier molecular flexibility index (Phi) is 3.60. The number of fused-ring (bicyclic) bond motifs is 2. The highest BCUT2D eigenvalue weighted by molar-refractivity contribution is 9.10.